The van der Waals surface area contributed by atoms with Crippen molar-refractivity contribution >= 4 is 17.2 Å². The van der Waals surface area contributed by atoms with Gasteiger partial charge in [0, 0.05) is 17.6 Å². The maximum absolute atomic E-state index is 12.5. The average Bonchev–Trinajstić information content (AvgIpc) is 3.25. The zero-order valence-electron chi connectivity index (χ0n) is 13.0. The van der Waals surface area contributed by atoms with E-state index in [9.17, 15) is 14.7 Å². The second-order valence-corrected chi connectivity index (χ2v) is 6.69. The molecule has 0 spiro atoms. The Hall–Kier alpha value is -3.00. The summed E-state index contributed by atoms with van der Waals surface area (Å²) in [6.07, 6.45) is 3.00. The van der Waals surface area contributed by atoms with Crippen LogP contribution in [0.4, 0.5) is 0 Å². The third-order valence-corrected chi connectivity index (χ3v) is 4.91. The lowest BCUT2D eigenvalue weighted by Crippen LogP contribution is -2.36. The summed E-state index contributed by atoms with van der Waals surface area (Å²) in [7, 11) is 0. The largest absolute Gasteiger partial charge is 0.501 e. The molecule has 0 saturated carbocycles. The fraction of sp³-hybridized carbons (Fsp3) is 0.176. The Labute approximate surface area is 146 Å². The highest BCUT2D eigenvalue weighted by atomic mass is 32.1. The Morgan fingerprint density at radius 1 is 1.28 bits per heavy atom. The maximum Gasteiger partial charge on any atom is 0.294 e. The number of amides is 1. The number of benzene rings is 1. The molecule has 25 heavy (non-hydrogen) atoms. The van der Waals surface area contributed by atoms with Gasteiger partial charge in [-0.05, 0) is 24.0 Å². The third kappa shape index (κ3) is 2.91. The lowest BCUT2D eigenvalue weighted by molar-refractivity contribution is 0.0930. The van der Waals surface area contributed by atoms with Gasteiger partial charge in [0.25, 0.3) is 11.5 Å². The molecule has 1 aliphatic rings. The Balaban J connectivity index is 1.59. The van der Waals surface area contributed by atoms with Gasteiger partial charge in [-0.25, -0.2) is 9.97 Å². The first-order chi connectivity index (χ1) is 12.1. The second kappa shape index (κ2) is 6.14. The number of carbonyl (C=O) groups excluding carboxylic acids is 1. The van der Waals surface area contributed by atoms with E-state index in [-0.39, 0.29) is 17.6 Å². The quantitative estimate of drug-likeness (QED) is 0.660. The van der Waals surface area contributed by atoms with Crippen LogP contribution in [0.5, 0.6) is 5.75 Å². The molecule has 0 saturated heterocycles. The fourth-order valence-electron chi connectivity index (χ4n) is 2.98. The number of aromatic hydroxyl groups is 1. The zero-order chi connectivity index (χ0) is 17.4. The van der Waals surface area contributed by atoms with Gasteiger partial charge in [0.15, 0.2) is 16.5 Å². The van der Waals surface area contributed by atoms with E-state index in [4.69, 9.17) is 0 Å². The molecule has 4 rings (SSSR count). The molecule has 0 radical (unpaired) electrons. The standard InChI is InChI=1S/C17H14N4O3S/c22-13-12(20-14(21-16(13)24)17-18-5-6-25-17)15(23)19-11-7-9-3-1-2-4-10(9)8-11/h1-6,11,22H,7-8H2,(H,19,23)(H,20,21,24). The number of nitrogens with one attached hydrogen (secondary N) is 2. The summed E-state index contributed by atoms with van der Waals surface area (Å²) in [6, 6.07) is 7.91. The van der Waals surface area contributed by atoms with E-state index in [2.05, 4.69) is 20.3 Å². The van der Waals surface area contributed by atoms with Gasteiger partial charge in [-0.15, -0.1) is 11.3 Å². The lowest BCUT2D eigenvalue weighted by atomic mass is 10.1. The molecule has 2 heterocycles. The van der Waals surface area contributed by atoms with Crippen molar-refractivity contribution in [3.63, 3.8) is 0 Å². The summed E-state index contributed by atoms with van der Waals surface area (Å²) >= 11 is 1.28. The number of thiazole rings is 1. The van der Waals surface area contributed by atoms with Crippen LogP contribution < -0.4 is 10.9 Å². The van der Waals surface area contributed by atoms with Crippen molar-refractivity contribution in [2.45, 2.75) is 18.9 Å². The van der Waals surface area contributed by atoms with Crippen LogP contribution in [-0.2, 0) is 12.8 Å². The predicted octanol–water partition coefficient (Wildman–Crippen LogP) is 1.50. The van der Waals surface area contributed by atoms with Gasteiger partial charge < -0.3 is 15.4 Å². The van der Waals surface area contributed by atoms with Crippen molar-refractivity contribution in [3.8, 4) is 16.6 Å². The van der Waals surface area contributed by atoms with Crippen molar-refractivity contribution in [3.05, 3.63) is 63.0 Å². The van der Waals surface area contributed by atoms with Gasteiger partial charge in [0.2, 0.25) is 5.75 Å². The van der Waals surface area contributed by atoms with Gasteiger partial charge in [0.1, 0.15) is 0 Å². The molecular weight excluding hydrogens is 340 g/mol. The number of nitrogens with zero attached hydrogens (tertiary/aromatic N) is 2. The predicted molar refractivity (Wildman–Crippen MR) is 92.7 cm³/mol. The molecule has 1 aliphatic carbocycles. The molecule has 0 fully saturated rings. The molecule has 1 aromatic carbocycles. The van der Waals surface area contributed by atoms with Gasteiger partial charge in [-0.1, -0.05) is 24.3 Å². The normalized spacial score (nSPS) is 13.6. The van der Waals surface area contributed by atoms with Crippen molar-refractivity contribution in [2.75, 3.05) is 0 Å². The summed E-state index contributed by atoms with van der Waals surface area (Å²) in [5.41, 5.74) is 1.34. The first-order valence-electron chi connectivity index (χ1n) is 7.72. The molecule has 7 nitrogen and oxygen atoms in total. The highest BCUT2D eigenvalue weighted by Gasteiger charge is 2.26. The van der Waals surface area contributed by atoms with Crippen LogP contribution in [0.3, 0.4) is 0 Å². The van der Waals surface area contributed by atoms with Crippen molar-refractivity contribution in [1.29, 1.82) is 0 Å². The van der Waals surface area contributed by atoms with Crippen LogP contribution in [0.1, 0.15) is 21.6 Å². The minimum Gasteiger partial charge on any atom is -0.501 e. The van der Waals surface area contributed by atoms with E-state index in [1.807, 2.05) is 24.3 Å². The van der Waals surface area contributed by atoms with Crippen molar-refractivity contribution < 1.29 is 9.90 Å². The average molecular weight is 354 g/mol. The number of aromatic amines is 1. The highest BCUT2D eigenvalue weighted by Crippen LogP contribution is 2.23. The van der Waals surface area contributed by atoms with E-state index >= 15 is 0 Å². The molecule has 126 valence electrons. The monoisotopic (exact) mass is 354 g/mol. The van der Waals surface area contributed by atoms with Crippen LogP contribution in [-0.4, -0.2) is 32.0 Å². The SMILES string of the molecule is O=C(NC1Cc2ccccc2C1)c1nc(-c2nccs2)[nH]c(=O)c1O. The first kappa shape index (κ1) is 15.5. The van der Waals surface area contributed by atoms with Gasteiger partial charge in [-0.2, -0.15) is 0 Å². The van der Waals surface area contributed by atoms with E-state index in [0.717, 1.165) is 0 Å². The second-order valence-electron chi connectivity index (χ2n) is 5.80. The minimum atomic E-state index is -0.764. The van der Waals surface area contributed by atoms with Gasteiger partial charge in [-0.3, -0.25) is 9.59 Å². The highest BCUT2D eigenvalue weighted by molar-refractivity contribution is 7.13. The molecule has 3 N–H and O–H groups in total. The summed E-state index contributed by atoms with van der Waals surface area (Å²) in [4.78, 5) is 35.1. The fourth-order valence-corrected chi connectivity index (χ4v) is 3.56. The number of rotatable bonds is 3. The summed E-state index contributed by atoms with van der Waals surface area (Å²) < 4.78 is 0. The Morgan fingerprint density at radius 2 is 2.00 bits per heavy atom. The Morgan fingerprint density at radius 3 is 2.64 bits per heavy atom. The van der Waals surface area contributed by atoms with Crippen LogP contribution in [0.2, 0.25) is 0 Å². The van der Waals surface area contributed by atoms with E-state index < -0.39 is 17.2 Å². The van der Waals surface area contributed by atoms with E-state index in [1.54, 1.807) is 11.6 Å². The van der Waals surface area contributed by atoms with Crippen molar-refractivity contribution in [2.24, 2.45) is 0 Å². The van der Waals surface area contributed by atoms with Crippen LogP contribution in [0.25, 0.3) is 10.8 Å². The number of H-pyrrole nitrogens is 1. The lowest BCUT2D eigenvalue weighted by Gasteiger charge is -2.12. The molecular formula is C17H14N4O3S. The number of carbonyl (C=O) groups is 1. The summed E-state index contributed by atoms with van der Waals surface area (Å²) in [6.45, 7) is 0. The van der Waals surface area contributed by atoms with E-state index in [0.29, 0.717) is 17.8 Å². The van der Waals surface area contributed by atoms with Gasteiger partial charge >= 0.3 is 0 Å². The van der Waals surface area contributed by atoms with E-state index in [1.165, 1.54) is 22.5 Å². The maximum atomic E-state index is 12.5. The number of hydrogen-bond acceptors (Lipinski definition) is 6. The number of aromatic nitrogens is 3. The summed E-state index contributed by atoms with van der Waals surface area (Å²) in [5.74, 6) is -1.09. The van der Waals surface area contributed by atoms with Crippen LogP contribution in [0.15, 0.2) is 40.6 Å². The van der Waals surface area contributed by atoms with Crippen molar-refractivity contribution in [1.82, 2.24) is 20.3 Å². The number of fused-ring (bicyclic) bond motifs is 1. The topological polar surface area (TPSA) is 108 Å². The molecule has 1 amide bonds. The molecule has 8 heteroatoms. The van der Waals surface area contributed by atoms with Crippen LogP contribution in [0, 0.1) is 0 Å². The Bertz CT molecular complexity index is 972. The molecule has 2 aromatic heterocycles. The molecule has 3 aromatic rings. The molecule has 0 aliphatic heterocycles. The smallest absolute Gasteiger partial charge is 0.294 e. The zero-order valence-corrected chi connectivity index (χ0v) is 13.8. The van der Waals surface area contributed by atoms with Gasteiger partial charge in [0.05, 0.1) is 0 Å². The first-order valence-corrected chi connectivity index (χ1v) is 8.60. The summed E-state index contributed by atoms with van der Waals surface area (Å²) in [5, 5.41) is 15.0. The molecule has 0 unspecified atom stereocenters. The third-order valence-electron chi connectivity index (χ3n) is 4.13. The molecule has 0 atom stereocenters. The Kier molecular flexibility index (Phi) is 3.81. The minimum absolute atomic E-state index is 0.0892. The number of hydrogen-bond donors (Lipinski definition) is 3. The van der Waals surface area contributed by atoms with Crippen LogP contribution >= 0.6 is 11.3 Å². The molecule has 0 bridgehead atoms.